The lowest BCUT2D eigenvalue weighted by molar-refractivity contribution is 0.176. The van der Waals surface area contributed by atoms with Crippen LogP contribution in [0.2, 0.25) is 0 Å². The first-order valence-electron chi connectivity index (χ1n) is 8.48. The molecule has 26 heavy (non-hydrogen) atoms. The minimum absolute atomic E-state index is 0.173. The molecule has 2 aromatic rings. The van der Waals surface area contributed by atoms with Gasteiger partial charge in [0.25, 0.3) is 0 Å². The standard InChI is InChI=1S/C20H23N3O3/c1-13(2)8-18(23-20(24)25)12-26-19-5-4-15(10-17(19)11-21)16-6-7-22-14(3)9-16/h4-7,9-10,13,18,23H,8,12H2,1-3H3,(H,24,25). The summed E-state index contributed by atoms with van der Waals surface area (Å²) >= 11 is 0. The van der Waals surface area contributed by atoms with Crippen molar-refractivity contribution in [2.24, 2.45) is 5.92 Å². The molecule has 0 aliphatic heterocycles. The van der Waals surface area contributed by atoms with Gasteiger partial charge in [-0.2, -0.15) is 5.26 Å². The minimum atomic E-state index is -1.08. The van der Waals surface area contributed by atoms with E-state index in [9.17, 15) is 10.1 Å². The van der Waals surface area contributed by atoms with Gasteiger partial charge in [0, 0.05) is 11.9 Å². The van der Waals surface area contributed by atoms with Gasteiger partial charge < -0.3 is 15.2 Å². The Labute approximate surface area is 153 Å². The van der Waals surface area contributed by atoms with Crippen LogP contribution in [0.15, 0.2) is 36.5 Å². The number of carbonyl (C=O) groups is 1. The molecule has 0 aliphatic rings. The van der Waals surface area contributed by atoms with Crippen LogP contribution in [-0.2, 0) is 0 Å². The fourth-order valence-electron chi connectivity index (χ4n) is 2.75. The van der Waals surface area contributed by atoms with E-state index in [0.717, 1.165) is 16.8 Å². The second-order valence-corrected chi connectivity index (χ2v) is 6.60. The number of rotatable bonds is 7. The smallest absolute Gasteiger partial charge is 0.404 e. The molecule has 2 N–H and O–H groups in total. The third-order valence-corrected chi connectivity index (χ3v) is 3.85. The maximum atomic E-state index is 10.9. The molecule has 1 heterocycles. The zero-order chi connectivity index (χ0) is 19.1. The molecule has 1 atom stereocenters. The SMILES string of the molecule is Cc1cc(-c2ccc(OCC(CC(C)C)NC(=O)O)c(C#N)c2)ccn1. The second-order valence-electron chi connectivity index (χ2n) is 6.60. The summed E-state index contributed by atoms with van der Waals surface area (Å²) in [6, 6.07) is 11.1. The number of aryl methyl sites for hydroxylation is 1. The highest BCUT2D eigenvalue weighted by molar-refractivity contribution is 5.67. The van der Waals surface area contributed by atoms with E-state index in [-0.39, 0.29) is 12.6 Å². The van der Waals surface area contributed by atoms with Gasteiger partial charge in [-0.3, -0.25) is 4.98 Å². The van der Waals surface area contributed by atoms with Crippen LogP contribution in [0.25, 0.3) is 11.1 Å². The number of nitrogens with one attached hydrogen (secondary N) is 1. The van der Waals surface area contributed by atoms with Gasteiger partial charge in [-0.1, -0.05) is 19.9 Å². The van der Waals surface area contributed by atoms with E-state index in [2.05, 4.69) is 16.4 Å². The van der Waals surface area contributed by atoms with E-state index >= 15 is 0 Å². The highest BCUT2D eigenvalue weighted by Gasteiger charge is 2.15. The summed E-state index contributed by atoms with van der Waals surface area (Å²) < 4.78 is 5.75. The number of aromatic nitrogens is 1. The molecule has 0 aliphatic carbocycles. The predicted octanol–water partition coefficient (Wildman–Crippen LogP) is 3.99. The molecule has 6 nitrogen and oxygen atoms in total. The van der Waals surface area contributed by atoms with Crippen LogP contribution in [0.4, 0.5) is 4.79 Å². The molecule has 2 rings (SSSR count). The Bertz CT molecular complexity index is 812. The van der Waals surface area contributed by atoms with Crippen molar-refractivity contribution in [3.63, 3.8) is 0 Å². The average Bonchev–Trinajstić information content (AvgIpc) is 2.58. The molecular weight excluding hydrogens is 330 g/mol. The van der Waals surface area contributed by atoms with Crippen LogP contribution in [0.5, 0.6) is 5.75 Å². The van der Waals surface area contributed by atoms with Crippen molar-refractivity contribution in [2.45, 2.75) is 33.2 Å². The van der Waals surface area contributed by atoms with E-state index in [0.29, 0.717) is 23.7 Å². The molecule has 0 bridgehead atoms. The molecule has 0 radical (unpaired) electrons. The fourth-order valence-corrected chi connectivity index (χ4v) is 2.75. The highest BCUT2D eigenvalue weighted by atomic mass is 16.5. The summed E-state index contributed by atoms with van der Waals surface area (Å²) in [5, 5.41) is 20.9. The molecule has 0 fully saturated rings. The Kier molecular flexibility index (Phi) is 6.56. The lowest BCUT2D eigenvalue weighted by atomic mass is 10.0. The first-order valence-corrected chi connectivity index (χ1v) is 8.48. The normalized spacial score (nSPS) is 11.7. The molecule has 1 amide bonds. The number of ether oxygens (including phenoxy) is 1. The molecule has 1 aromatic heterocycles. The van der Waals surface area contributed by atoms with E-state index in [1.54, 1.807) is 18.3 Å². The highest BCUT2D eigenvalue weighted by Crippen LogP contribution is 2.26. The summed E-state index contributed by atoms with van der Waals surface area (Å²) in [5.74, 6) is 0.770. The monoisotopic (exact) mass is 353 g/mol. The quantitative estimate of drug-likeness (QED) is 0.785. The van der Waals surface area contributed by atoms with Crippen molar-refractivity contribution < 1.29 is 14.6 Å². The van der Waals surface area contributed by atoms with Crippen LogP contribution >= 0.6 is 0 Å². The van der Waals surface area contributed by atoms with Gasteiger partial charge in [-0.25, -0.2) is 4.79 Å². The Morgan fingerprint density at radius 2 is 2.04 bits per heavy atom. The van der Waals surface area contributed by atoms with E-state index < -0.39 is 6.09 Å². The number of nitrogens with zero attached hydrogens (tertiary/aromatic N) is 2. The molecular formula is C20H23N3O3. The summed E-state index contributed by atoms with van der Waals surface area (Å²) in [7, 11) is 0. The topological polar surface area (TPSA) is 95.2 Å². The van der Waals surface area contributed by atoms with Crippen LogP contribution in [-0.4, -0.2) is 28.8 Å². The lowest BCUT2D eigenvalue weighted by Gasteiger charge is -2.20. The number of pyridine rings is 1. The van der Waals surface area contributed by atoms with Crippen LogP contribution in [0.1, 0.15) is 31.5 Å². The third kappa shape index (κ3) is 5.49. The average molecular weight is 353 g/mol. The Balaban J connectivity index is 2.16. The van der Waals surface area contributed by atoms with E-state index in [1.165, 1.54) is 0 Å². The van der Waals surface area contributed by atoms with Gasteiger partial charge in [0.05, 0.1) is 11.6 Å². The molecule has 1 aromatic carbocycles. The number of hydrogen-bond acceptors (Lipinski definition) is 4. The van der Waals surface area contributed by atoms with Crippen molar-refractivity contribution >= 4 is 6.09 Å². The lowest BCUT2D eigenvalue weighted by Crippen LogP contribution is -2.39. The summed E-state index contributed by atoms with van der Waals surface area (Å²) in [6.45, 7) is 6.12. The number of amides is 1. The van der Waals surface area contributed by atoms with E-state index in [1.807, 2.05) is 39.0 Å². The fraction of sp³-hybridized carbons (Fsp3) is 0.350. The first-order chi connectivity index (χ1) is 12.4. The zero-order valence-electron chi connectivity index (χ0n) is 15.2. The Hall–Kier alpha value is -3.07. The molecule has 1 unspecified atom stereocenters. The van der Waals surface area contributed by atoms with Crippen LogP contribution < -0.4 is 10.1 Å². The van der Waals surface area contributed by atoms with Crippen LogP contribution in [0, 0.1) is 24.2 Å². The van der Waals surface area contributed by atoms with Gasteiger partial charge in [-0.05, 0) is 54.7 Å². The summed E-state index contributed by atoms with van der Waals surface area (Å²) in [5.41, 5.74) is 3.20. The maximum absolute atomic E-state index is 10.9. The minimum Gasteiger partial charge on any atom is -0.490 e. The van der Waals surface area contributed by atoms with Crippen LogP contribution in [0.3, 0.4) is 0 Å². The van der Waals surface area contributed by atoms with Crippen molar-refractivity contribution in [2.75, 3.05) is 6.61 Å². The Morgan fingerprint density at radius 1 is 1.31 bits per heavy atom. The largest absolute Gasteiger partial charge is 0.490 e. The number of carboxylic acid groups (broad SMARTS) is 1. The molecule has 0 saturated carbocycles. The number of hydrogen-bond donors (Lipinski definition) is 2. The molecule has 0 saturated heterocycles. The van der Waals surface area contributed by atoms with Gasteiger partial charge in [0.15, 0.2) is 0 Å². The first kappa shape index (κ1) is 19.3. The van der Waals surface area contributed by atoms with Crippen molar-refractivity contribution in [3.05, 3.63) is 47.8 Å². The number of benzene rings is 1. The summed E-state index contributed by atoms with van der Waals surface area (Å²) in [6.07, 6.45) is 1.31. The second kappa shape index (κ2) is 8.86. The van der Waals surface area contributed by atoms with Crippen molar-refractivity contribution in [1.29, 1.82) is 5.26 Å². The zero-order valence-corrected chi connectivity index (χ0v) is 15.2. The van der Waals surface area contributed by atoms with Gasteiger partial charge >= 0.3 is 6.09 Å². The third-order valence-electron chi connectivity index (χ3n) is 3.85. The molecule has 0 spiro atoms. The molecule has 136 valence electrons. The Morgan fingerprint density at radius 3 is 2.65 bits per heavy atom. The molecule has 6 heteroatoms. The van der Waals surface area contributed by atoms with Gasteiger partial charge in [0.1, 0.15) is 18.4 Å². The van der Waals surface area contributed by atoms with Gasteiger partial charge in [-0.15, -0.1) is 0 Å². The number of nitriles is 1. The maximum Gasteiger partial charge on any atom is 0.404 e. The predicted molar refractivity (Wildman–Crippen MR) is 99.0 cm³/mol. The van der Waals surface area contributed by atoms with Gasteiger partial charge in [0.2, 0.25) is 0 Å². The van der Waals surface area contributed by atoms with Crippen molar-refractivity contribution in [3.8, 4) is 22.9 Å². The van der Waals surface area contributed by atoms with Crippen molar-refractivity contribution in [1.82, 2.24) is 10.3 Å². The van der Waals surface area contributed by atoms with E-state index in [4.69, 9.17) is 9.84 Å². The summed E-state index contributed by atoms with van der Waals surface area (Å²) in [4.78, 5) is 15.1.